The van der Waals surface area contributed by atoms with E-state index in [0.29, 0.717) is 6.54 Å². The zero-order valence-corrected chi connectivity index (χ0v) is 7.95. The van der Waals surface area contributed by atoms with Crippen LogP contribution in [-0.4, -0.2) is 15.6 Å². The number of carboxylic acids is 1. The van der Waals surface area contributed by atoms with Crippen molar-refractivity contribution in [2.75, 3.05) is 0 Å². The first kappa shape index (κ1) is 9.86. The predicted molar refractivity (Wildman–Crippen MR) is 51.0 cm³/mol. The topological polar surface area (TPSA) is 42.2 Å². The van der Waals surface area contributed by atoms with E-state index in [2.05, 4.69) is 0 Å². The Bertz CT molecular complexity index is 341. The van der Waals surface area contributed by atoms with E-state index < -0.39 is 5.97 Å². The number of carbonyl (C=O) groups is 1. The molecule has 1 N–H and O–H groups in total. The van der Waals surface area contributed by atoms with Gasteiger partial charge in [-0.05, 0) is 24.6 Å². The molecule has 0 aliphatic heterocycles. The molecule has 13 heavy (non-hydrogen) atoms. The Morgan fingerprint density at radius 2 is 2.46 bits per heavy atom. The van der Waals surface area contributed by atoms with Gasteiger partial charge in [0.15, 0.2) is 0 Å². The maximum absolute atomic E-state index is 10.7. The van der Waals surface area contributed by atoms with Gasteiger partial charge in [0.1, 0.15) is 5.69 Å². The molecule has 1 aromatic heterocycles. The van der Waals surface area contributed by atoms with Gasteiger partial charge in [0.25, 0.3) is 0 Å². The molecule has 0 radical (unpaired) electrons. The molecule has 1 aromatic rings. The summed E-state index contributed by atoms with van der Waals surface area (Å²) < 4.78 is 1.64. The minimum Gasteiger partial charge on any atom is -0.477 e. The second-order valence-electron chi connectivity index (χ2n) is 2.78. The van der Waals surface area contributed by atoms with E-state index in [9.17, 15) is 4.79 Å². The summed E-state index contributed by atoms with van der Waals surface area (Å²) in [6, 6.07) is 3.26. The maximum Gasteiger partial charge on any atom is 0.352 e. The molecule has 0 bridgehead atoms. The smallest absolute Gasteiger partial charge is 0.352 e. The highest BCUT2D eigenvalue weighted by molar-refractivity contribution is 6.25. The summed E-state index contributed by atoms with van der Waals surface area (Å²) in [7, 11) is 0. The number of halogens is 1. The summed E-state index contributed by atoms with van der Waals surface area (Å²) in [6.07, 6.45) is 1.72. The molecule has 0 aliphatic rings. The van der Waals surface area contributed by atoms with Crippen molar-refractivity contribution in [2.45, 2.75) is 13.5 Å². The molecule has 0 fully saturated rings. The average Bonchev–Trinajstić information content (AvgIpc) is 2.52. The summed E-state index contributed by atoms with van der Waals surface area (Å²) in [5, 5.41) is 8.77. The van der Waals surface area contributed by atoms with Crippen molar-refractivity contribution in [1.29, 1.82) is 0 Å². The summed E-state index contributed by atoms with van der Waals surface area (Å²) in [6.45, 7) is 2.36. The molecule has 0 amide bonds. The van der Waals surface area contributed by atoms with Crippen molar-refractivity contribution in [3.63, 3.8) is 0 Å². The monoisotopic (exact) mass is 199 g/mol. The first-order valence-electron chi connectivity index (χ1n) is 3.79. The minimum absolute atomic E-state index is 0.276. The lowest BCUT2D eigenvalue weighted by Gasteiger charge is -2.04. The van der Waals surface area contributed by atoms with Crippen LogP contribution in [0.3, 0.4) is 0 Å². The highest BCUT2D eigenvalue weighted by Crippen LogP contribution is 2.06. The van der Waals surface area contributed by atoms with Crippen LogP contribution in [0.25, 0.3) is 0 Å². The minimum atomic E-state index is -0.924. The third kappa shape index (κ3) is 2.36. The Kier molecular flexibility index (Phi) is 3.14. The van der Waals surface area contributed by atoms with Crippen LogP contribution in [0.5, 0.6) is 0 Å². The third-order valence-electron chi connectivity index (χ3n) is 1.65. The van der Waals surface area contributed by atoms with Gasteiger partial charge < -0.3 is 9.67 Å². The molecule has 0 saturated carbocycles. The number of nitrogens with zero attached hydrogens (tertiary/aromatic N) is 1. The van der Waals surface area contributed by atoms with Crippen molar-refractivity contribution in [1.82, 2.24) is 4.57 Å². The van der Waals surface area contributed by atoms with Crippen LogP contribution in [0.1, 0.15) is 17.4 Å². The molecule has 70 valence electrons. The van der Waals surface area contributed by atoms with E-state index in [1.807, 2.05) is 6.92 Å². The van der Waals surface area contributed by atoms with Gasteiger partial charge in [0, 0.05) is 18.3 Å². The first-order valence-corrected chi connectivity index (χ1v) is 4.23. The zero-order valence-electron chi connectivity index (χ0n) is 7.20. The number of hydrogen-bond donors (Lipinski definition) is 1. The summed E-state index contributed by atoms with van der Waals surface area (Å²) in [5.74, 6) is -0.924. The van der Waals surface area contributed by atoms with Gasteiger partial charge in [-0.1, -0.05) is 11.6 Å². The van der Waals surface area contributed by atoms with Crippen LogP contribution in [0, 0.1) is 0 Å². The second-order valence-corrected chi connectivity index (χ2v) is 3.00. The molecular weight excluding hydrogens is 190 g/mol. The maximum atomic E-state index is 10.7. The molecule has 4 heteroatoms. The number of allylic oxidation sites excluding steroid dienone is 1. The van der Waals surface area contributed by atoms with E-state index in [4.69, 9.17) is 16.7 Å². The fraction of sp³-hybridized carbons (Fsp3) is 0.222. The van der Waals surface area contributed by atoms with Crippen LogP contribution in [0.15, 0.2) is 29.4 Å². The van der Waals surface area contributed by atoms with Gasteiger partial charge in [-0.3, -0.25) is 0 Å². The molecule has 0 aliphatic carbocycles. The number of hydrogen-bond acceptors (Lipinski definition) is 1. The SMILES string of the molecule is C/C(=C/Cl)Cn1cccc1C(=O)O. The van der Waals surface area contributed by atoms with Crippen molar-refractivity contribution in [2.24, 2.45) is 0 Å². The van der Waals surface area contributed by atoms with Crippen LogP contribution >= 0.6 is 11.6 Å². The number of carboxylic acid groups (broad SMARTS) is 1. The summed E-state index contributed by atoms with van der Waals surface area (Å²) in [4.78, 5) is 10.7. The van der Waals surface area contributed by atoms with Crippen molar-refractivity contribution >= 4 is 17.6 Å². The van der Waals surface area contributed by atoms with Gasteiger partial charge in [0.05, 0.1) is 0 Å². The van der Waals surface area contributed by atoms with Gasteiger partial charge in [0.2, 0.25) is 0 Å². The lowest BCUT2D eigenvalue weighted by molar-refractivity contribution is 0.0685. The average molecular weight is 200 g/mol. The number of aromatic nitrogens is 1. The fourth-order valence-electron chi connectivity index (χ4n) is 1.05. The van der Waals surface area contributed by atoms with Crippen LogP contribution in [-0.2, 0) is 6.54 Å². The molecule has 0 unspecified atom stereocenters. The Balaban J connectivity index is 2.89. The van der Waals surface area contributed by atoms with Gasteiger partial charge in [-0.2, -0.15) is 0 Å². The number of rotatable bonds is 3. The van der Waals surface area contributed by atoms with Gasteiger partial charge in [-0.25, -0.2) is 4.79 Å². The quantitative estimate of drug-likeness (QED) is 0.812. The summed E-state index contributed by atoms with van der Waals surface area (Å²) >= 11 is 5.48. The Hall–Kier alpha value is -1.22. The van der Waals surface area contributed by atoms with Crippen LogP contribution < -0.4 is 0 Å². The Morgan fingerprint density at radius 1 is 1.77 bits per heavy atom. The molecule has 1 rings (SSSR count). The van der Waals surface area contributed by atoms with Gasteiger partial charge in [-0.15, -0.1) is 0 Å². The molecule has 0 spiro atoms. The highest BCUT2D eigenvalue weighted by Gasteiger charge is 2.07. The zero-order chi connectivity index (χ0) is 9.84. The normalized spacial score (nSPS) is 11.7. The predicted octanol–water partition coefficient (Wildman–Crippen LogP) is 2.33. The van der Waals surface area contributed by atoms with E-state index in [1.54, 1.807) is 22.9 Å². The Morgan fingerprint density at radius 3 is 3.00 bits per heavy atom. The molecular formula is C9H10ClNO2. The first-order chi connectivity index (χ1) is 6.15. The van der Waals surface area contributed by atoms with E-state index in [1.165, 1.54) is 5.54 Å². The lowest BCUT2D eigenvalue weighted by atomic mass is 10.3. The van der Waals surface area contributed by atoms with Crippen molar-refractivity contribution in [3.05, 3.63) is 35.1 Å². The standard InChI is InChI=1S/C9H10ClNO2/c1-7(5-10)6-11-4-2-3-8(11)9(12)13/h2-5H,6H2,1H3,(H,12,13)/b7-5-. The fourth-order valence-corrected chi connectivity index (χ4v) is 1.12. The number of aromatic carboxylic acids is 1. The molecule has 3 nitrogen and oxygen atoms in total. The molecule has 0 atom stereocenters. The molecule has 0 saturated heterocycles. The molecule has 0 aromatic carbocycles. The second kappa shape index (κ2) is 4.14. The largest absolute Gasteiger partial charge is 0.477 e. The summed E-state index contributed by atoms with van der Waals surface area (Å²) in [5.41, 5.74) is 2.64. The molecule has 1 heterocycles. The van der Waals surface area contributed by atoms with E-state index >= 15 is 0 Å². The Labute approximate surface area is 81.2 Å². The van der Waals surface area contributed by atoms with Gasteiger partial charge >= 0.3 is 5.97 Å². The van der Waals surface area contributed by atoms with Crippen molar-refractivity contribution in [3.8, 4) is 0 Å². The third-order valence-corrected chi connectivity index (χ3v) is 2.03. The van der Waals surface area contributed by atoms with Crippen LogP contribution in [0.2, 0.25) is 0 Å². The van der Waals surface area contributed by atoms with E-state index in [-0.39, 0.29) is 5.69 Å². The van der Waals surface area contributed by atoms with E-state index in [0.717, 1.165) is 5.57 Å². The lowest BCUT2D eigenvalue weighted by Crippen LogP contribution is -2.08. The van der Waals surface area contributed by atoms with Crippen molar-refractivity contribution < 1.29 is 9.90 Å². The highest BCUT2D eigenvalue weighted by atomic mass is 35.5. The van der Waals surface area contributed by atoms with Crippen LogP contribution in [0.4, 0.5) is 0 Å².